The van der Waals surface area contributed by atoms with Gasteiger partial charge in [-0.15, -0.1) is 0 Å². The summed E-state index contributed by atoms with van der Waals surface area (Å²) < 4.78 is 5.88. The highest BCUT2D eigenvalue weighted by Crippen LogP contribution is 2.41. The molecule has 46 heavy (non-hydrogen) atoms. The van der Waals surface area contributed by atoms with Crippen molar-refractivity contribution in [3.05, 3.63) is 73.1 Å². The second-order valence-corrected chi connectivity index (χ2v) is 12.5. The molecule has 0 bridgehead atoms. The molecule has 3 aromatic rings. The number of anilines is 5. The molecule has 3 aliphatic heterocycles. The third kappa shape index (κ3) is 6.67. The molecule has 0 unspecified atom stereocenters. The number of aromatic nitrogens is 2. The Balaban J connectivity index is 1.08. The Hall–Kier alpha value is -4.19. The summed E-state index contributed by atoms with van der Waals surface area (Å²) in [5.41, 5.74) is 3.49. The van der Waals surface area contributed by atoms with Gasteiger partial charge in [0, 0.05) is 69.9 Å². The average Bonchev–Trinajstić information content (AvgIpc) is 3.84. The summed E-state index contributed by atoms with van der Waals surface area (Å²) >= 11 is 0. The van der Waals surface area contributed by atoms with Gasteiger partial charge >= 0.3 is 0 Å². The van der Waals surface area contributed by atoms with Gasteiger partial charge in [0.15, 0.2) is 5.82 Å². The molecule has 0 radical (unpaired) electrons. The van der Waals surface area contributed by atoms with Crippen LogP contribution in [0.25, 0.3) is 0 Å². The monoisotopic (exact) mass is 624 g/mol. The van der Waals surface area contributed by atoms with Crippen molar-refractivity contribution in [1.82, 2.24) is 19.8 Å². The first-order valence-electron chi connectivity index (χ1n) is 16.5. The zero-order valence-corrected chi connectivity index (χ0v) is 26.6. The molecule has 4 heterocycles. The fraction of sp³-hybridized carbons (Fsp3) is 0.457. The molecule has 1 aromatic heterocycles. The number of nitrogens with one attached hydrogen (secondary N) is 2. The van der Waals surface area contributed by atoms with Crippen LogP contribution in [0.1, 0.15) is 43.7 Å². The van der Waals surface area contributed by atoms with Gasteiger partial charge in [-0.25, -0.2) is 15.0 Å². The predicted octanol–water partition coefficient (Wildman–Crippen LogP) is 4.99. The molecule has 7 rings (SSSR count). The van der Waals surface area contributed by atoms with E-state index in [0.29, 0.717) is 41.4 Å². The lowest BCUT2D eigenvalue weighted by molar-refractivity contribution is -0.111. The molecule has 1 saturated carbocycles. The topological polar surface area (TPSA) is 98.3 Å². The van der Waals surface area contributed by atoms with Crippen LogP contribution in [0.2, 0.25) is 0 Å². The highest BCUT2D eigenvalue weighted by molar-refractivity contribution is 6.02. The van der Waals surface area contributed by atoms with Gasteiger partial charge in [0.05, 0.1) is 36.8 Å². The first-order chi connectivity index (χ1) is 22.6. The Bertz CT molecular complexity index is 1520. The molecule has 11 nitrogen and oxygen atoms in total. The molecule has 4 aliphatic rings. The minimum absolute atomic E-state index is 0.0648. The fourth-order valence-electron chi connectivity index (χ4n) is 7.11. The fourth-order valence-corrected chi connectivity index (χ4v) is 7.11. The van der Waals surface area contributed by atoms with Crippen LogP contribution in [0.5, 0.6) is 5.75 Å². The third-order valence-corrected chi connectivity index (χ3v) is 9.73. The lowest BCUT2D eigenvalue weighted by Gasteiger charge is -2.43. The van der Waals surface area contributed by atoms with Crippen molar-refractivity contribution in [2.75, 3.05) is 73.6 Å². The van der Waals surface area contributed by atoms with Crippen LogP contribution in [0.4, 0.5) is 28.7 Å². The van der Waals surface area contributed by atoms with E-state index in [0.717, 1.165) is 57.2 Å². The van der Waals surface area contributed by atoms with Crippen molar-refractivity contribution in [3.8, 4) is 5.75 Å². The molecule has 242 valence electrons. The van der Waals surface area contributed by atoms with Crippen molar-refractivity contribution in [2.24, 2.45) is 0 Å². The standard InChI is InChI=1S/C35H44N8O3/c1-3-35(44)39-28-21-29(38-33-23-34(37-24-36-33)43-30(13-20-46-43)25-7-5-4-6-8-25)32(45-2)22-31(28)42-14-11-27(12-15-42)41-18-16-40(17-19-41)26-9-10-26/h3-8,21-24,26-27,30H,1,9-20H2,2H3,(H,39,44)(H,36,37,38)/t30-/m1/s1. The Morgan fingerprint density at radius 1 is 0.913 bits per heavy atom. The van der Waals surface area contributed by atoms with Crippen LogP contribution in [-0.4, -0.2) is 90.7 Å². The summed E-state index contributed by atoms with van der Waals surface area (Å²) in [4.78, 5) is 35.3. The van der Waals surface area contributed by atoms with E-state index in [4.69, 9.17) is 9.57 Å². The van der Waals surface area contributed by atoms with Gasteiger partial charge in [0.2, 0.25) is 5.91 Å². The number of methoxy groups -OCH3 is 1. The maximum absolute atomic E-state index is 12.6. The van der Waals surface area contributed by atoms with E-state index >= 15 is 0 Å². The summed E-state index contributed by atoms with van der Waals surface area (Å²) in [6, 6.07) is 17.6. The summed E-state index contributed by atoms with van der Waals surface area (Å²) in [6.07, 6.45) is 8.63. The third-order valence-electron chi connectivity index (χ3n) is 9.73. The minimum atomic E-state index is -0.261. The molecule has 1 amide bonds. The highest BCUT2D eigenvalue weighted by Gasteiger charge is 2.34. The van der Waals surface area contributed by atoms with Gasteiger partial charge in [0.1, 0.15) is 17.9 Å². The second-order valence-electron chi connectivity index (χ2n) is 12.5. The summed E-state index contributed by atoms with van der Waals surface area (Å²) in [7, 11) is 1.66. The van der Waals surface area contributed by atoms with Gasteiger partial charge in [-0.1, -0.05) is 36.9 Å². The van der Waals surface area contributed by atoms with Gasteiger partial charge < -0.3 is 20.3 Å². The van der Waals surface area contributed by atoms with Crippen molar-refractivity contribution in [1.29, 1.82) is 0 Å². The predicted molar refractivity (Wildman–Crippen MR) is 181 cm³/mol. The maximum Gasteiger partial charge on any atom is 0.247 e. The number of hydroxylamine groups is 1. The molecule has 2 N–H and O–H groups in total. The smallest absolute Gasteiger partial charge is 0.247 e. The first-order valence-corrected chi connectivity index (χ1v) is 16.5. The Labute approximate surface area is 271 Å². The number of ether oxygens (including phenoxy) is 1. The molecular weight excluding hydrogens is 580 g/mol. The van der Waals surface area contributed by atoms with Crippen molar-refractivity contribution >= 4 is 34.6 Å². The number of rotatable bonds is 10. The molecule has 2 aromatic carbocycles. The van der Waals surface area contributed by atoms with Crippen LogP contribution in [0.15, 0.2) is 67.5 Å². The molecule has 1 aliphatic carbocycles. The molecule has 0 spiro atoms. The van der Waals surface area contributed by atoms with Crippen LogP contribution in [0, 0.1) is 0 Å². The van der Waals surface area contributed by atoms with Gasteiger partial charge in [-0.3, -0.25) is 19.4 Å². The van der Waals surface area contributed by atoms with Gasteiger partial charge in [0.25, 0.3) is 0 Å². The maximum atomic E-state index is 12.6. The number of hydrogen-bond acceptors (Lipinski definition) is 10. The number of carbonyl (C=O) groups is 1. The molecule has 3 saturated heterocycles. The molecular formula is C35H44N8O3. The average molecular weight is 625 g/mol. The Morgan fingerprint density at radius 3 is 2.30 bits per heavy atom. The lowest BCUT2D eigenvalue weighted by Crippen LogP contribution is -2.53. The van der Waals surface area contributed by atoms with Crippen LogP contribution in [0.3, 0.4) is 0 Å². The molecule has 1 atom stereocenters. The number of benzene rings is 2. The summed E-state index contributed by atoms with van der Waals surface area (Å²) in [5, 5.41) is 8.30. The van der Waals surface area contributed by atoms with Crippen molar-refractivity contribution in [2.45, 2.75) is 50.2 Å². The number of carbonyl (C=O) groups excluding carboxylic acids is 1. The van der Waals surface area contributed by atoms with Crippen LogP contribution in [-0.2, 0) is 9.63 Å². The van der Waals surface area contributed by atoms with Gasteiger partial charge in [-0.05, 0) is 43.4 Å². The Kier molecular flexibility index (Phi) is 9.05. The minimum Gasteiger partial charge on any atom is -0.494 e. The van der Waals surface area contributed by atoms with E-state index in [1.165, 1.54) is 43.9 Å². The number of piperazine rings is 1. The molecule has 11 heteroatoms. The highest BCUT2D eigenvalue weighted by atomic mass is 16.7. The summed E-state index contributed by atoms with van der Waals surface area (Å²) in [5.74, 6) is 1.64. The number of hydrogen-bond donors (Lipinski definition) is 2. The van der Waals surface area contributed by atoms with Crippen molar-refractivity contribution < 1.29 is 14.4 Å². The van der Waals surface area contributed by atoms with E-state index in [-0.39, 0.29) is 11.9 Å². The van der Waals surface area contributed by atoms with Crippen molar-refractivity contribution in [3.63, 3.8) is 0 Å². The normalized spacial score (nSPS) is 21.3. The van der Waals surface area contributed by atoms with E-state index in [1.54, 1.807) is 7.11 Å². The zero-order valence-electron chi connectivity index (χ0n) is 26.6. The lowest BCUT2D eigenvalue weighted by atomic mass is 10.0. The van der Waals surface area contributed by atoms with Crippen LogP contribution < -0.4 is 25.3 Å². The zero-order chi connectivity index (χ0) is 31.5. The van der Waals surface area contributed by atoms with E-state index < -0.39 is 0 Å². The van der Waals surface area contributed by atoms with E-state index in [9.17, 15) is 4.79 Å². The summed E-state index contributed by atoms with van der Waals surface area (Å²) in [6.45, 7) is 10.8. The largest absolute Gasteiger partial charge is 0.494 e. The number of piperidine rings is 1. The number of nitrogens with zero attached hydrogens (tertiary/aromatic N) is 6. The Morgan fingerprint density at radius 2 is 1.63 bits per heavy atom. The van der Waals surface area contributed by atoms with Crippen LogP contribution >= 0.6 is 0 Å². The van der Waals surface area contributed by atoms with E-state index in [2.05, 4.69) is 54.0 Å². The second kappa shape index (κ2) is 13.7. The quantitative estimate of drug-likeness (QED) is 0.301. The SMILES string of the molecule is C=CC(=O)Nc1cc(Nc2cc(N3OCC[C@@H]3c3ccccc3)ncn2)c(OC)cc1N1CCC(N2CCN(C3CC3)CC2)CC1. The van der Waals surface area contributed by atoms with E-state index in [1.807, 2.05) is 41.5 Å². The number of amides is 1. The molecule has 4 fully saturated rings. The van der Waals surface area contributed by atoms with Gasteiger partial charge in [-0.2, -0.15) is 0 Å². The first kappa shape index (κ1) is 30.5.